The van der Waals surface area contributed by atoms with E-state index in [4.69, 9.17) is 4.74 Å². The summed E-state index contributed by atoms with van der Waals surface area (Å²) in [6.07, 6.45) is 2.51. The Hall–Kier alpha value is -1.32. The highest BCUT2D eigenvalue weighted by Crippen LogP contribution is 2.36. The molecule has 0 aliphatic carbocycles. The highest BCUT2D eigenvalue weighted by atomic mass is 16.5. The van der Waals surface area contributed by atoms with Crippen LogP contribution in [0.5, 0.6) is 5.75 Å². The Morgan fingerprint density at radius 3 is 2.16 bits per heavy atom. The van der Waals surface area contributed by atoms with Crippen LogP contribution < -0.4 is 4.74 Å². The number of hydrogen-bond acceptors (Lipinski definition) is 2. The minimum atomic E-state index is -0.494. The lowest BCUT2D eigenvalue weighted by Crippen LogP contribution is -2.46. The summed E-state index contributed by atoms with van der Waals surface area (Å²) in [4.78, 5) is 0. The van der Waals surface area contributed by atoms with E-state index in [1.165, 1.54) is 5.56 Å². The summed E-state index contributed by atoms with van der Waals surface area (Å²) >= 11 is 0. The first-order valence-electron chi connectivity index (χ1n) is 9.19. The van der Waals surface area contributed by atoms with Crippen molar-refractivity contribution >= 4 is 0 Å². The van der Waals surface area contributed by atoms with Crippen LogP contribution in [0.25, 0.3) is 0 Å². The number of rotatable bonds is 9. The molecule has 0 amide bonds. The van der Waals surface area contributed by atoms with Crippen LogP contribution in [0.4, 0.5) is 0 Å². The fourth-order valence-electron chi connectivity index (χ4n) is 3.67. The van der Waals surface area contributed by atoms with E-state index in [1.54, 1.807) is 0 Å². The molecule has 3 heteroatoms. The van der Waals surface area contributed by atoms with Crippen LogP contribution in [0, 0.1) is 5.41 Å². The quantitative estimate of drug-likeness (QED) is 0.529. The molecule has 3 nitrogen and oxygen atoms in total. The maximum Gasteiger partial charge on any atom is 0.137 e. The number of nitrogens with zero attached hydrogens (tertiary/aromatic N) is 1. The van der Waals surface area contributed by atoms with Gasteiger partial charge in [-0.2, -0.15) is 0 Å². The van der Waals surface area contributed by atoms with E-state index in [1.807, 2.05) is 18.2 Å². The molecule has 0 radical (unpaired) electrons. The molecule has 1 rings (SSSR count). The lowest BCUT2D eigenvalue weighted by molar-refractivity contribution is -0.887. The smallest absolute Gasteiger partial charge is 0.137 e. The Morgan fingerprint density at radius 2 is 1.68 bits per heavy atom. The molecule has 0 bridgehead atoms. The van der Waals surface area contributed by atoms with Crippen LogP contribution in [-0.2, 0) is 5.41 Å². The van der Waals surface area contributed by atoms with Gasteiger partial charge in [-0.1, -0.05) is 53.3 Å². The molecule has 0 spiro atoms. The number of quaternary nitrogens is 1. The van der Waals surface area contributed by atoms with E-state index in [0.29, 0.717) is 23.0 Å². The fraction of sp³-hybridized carbons (Fsp3) is 0.636. The Balaban J connectivity index is 2.61. The summed E-state index contributed by atoms with van der Waals surface area (Å²) in [6.45, 7) is 17.0. The van der Waals surface area contributed by atoms with Crippen molar-refractivity contribution in [2.75, 3.05) is 33.8 Å². The van der Waals surface area contributed by atoms with Gasteiger partial charge in [-0.3, -0.25) is 0 Å². The Labute approximate surface area is 154 Å². The molecular formula is C22H38NO2+. The van der Waals surface area contributed by atoms with Crippen molar-refractivity contribution in [3.8, 4) is 5.75 Å². The maximum atomic E-state index is 10.2. The first-order valence-corrected chi connectivity index (χ1v) is 9.19. The van der Waals surface area contributed by atoms with Crippen molar-refractivity contribution in [3.63, 3.8) is 0 Å². The first kappa shape index (κ1) is 21.7. The SMILES string of the molecule is C=CC[N+](C)(C)C[C@@H](O)COc1ccc(C(C)(C)CC(C)(C)C)cc1. The van der Waals surface area contributed by atoms with Crippen LogP contribution in [0.1, 0.15) is 46.6 Å². The highest BCUT2D eigenvalue weighted by molar-refractivity contribution is 5.31. The molecule has 0 saturated carbocycles. The predicted molar refractivity (Wildman–Crippen MR) is 107 cm³/mol. The van der Waals surface area contributed by atoms with E-state index in [9.17, 15) is 5.11 Å². The van der Waals surface area contributed by atoms with Crippen molar-refractivity contribution in [2.45, 2.75) is 52.6 Å². The normalized spacial score (nSPS) is 14.2. The summed E-state index contributed by atoms with van der Waals surface area (Å²) in [5, 5.41) is 10.2. The summed E-state index contributed by atoms with van der Waals surface area (Å²) in [6, 6.07) is 8.31. The summed E-state index contributed by atoms with van der Waals surface area (Å²) in [5.74, 6) is 0.809. The monoisotopic (exact) mass is 348 g/mol. The van der Waals surface area contributed by atoms with Gasteiger partial charge in [0.25, 0.3) is 0 Å². The molecule has 0 aliphatic heterocycles. The Kier molecular flexibility index (Phi) is 7.28. The van der Waals surface area contributed by atoms with Crippen LogP contribution in [0.3, 0.4) is 0 Å². The van der Waals surface area contributed by atoms with E-state index in [-0.39, 0.29) is 5.41 Å². The number of aliphatic hydroxyl groups excluding tert-OH is 1. The van der Waals surface area contributed by atoms with E-state index >= 15 is 0 Å². The van der Waals surface area contributed by atoms with Gasteiger partial charge < -0.3 is 14.3 Å². The Bertz CT molecular complexity index is 538. The standard InChI is InChI=1S/C22H38NO2/c1-9-14-23(7,8)15-19(24)16-25-20-12-10-18(11-13-20)22(5,6)17-21(2,3)4/h9-13,19,24H,1,14-17H2,2-8H3/q+1/t19-/m1/s1. The third-order valence-electron chi connectivity index (χ3n) is 4.38. The topological polar surface area (TPSA) is 29.5 Å². The van der Waals surface area contributed by atoms with Gasteiger partial charge in [0.05, 0.1) is 20.6 Å². The molecule has 1 aromatic carbocycles. The predicted octanol–water partition coefficient (Wildman–Crippen LogP) is 4.40. The highest BCUT2D eigenvalue weighted by Gasteiger charge is 2.27. The van der Waals surface area contributed by atoms with Crippen molar-refractivity contribution in [2.24, 2.45) is 5.41 Å². The molecule has 25 heavy (non-hydrogen) atoms. The zero-order chi connectivity index (χ0) is 19.3. The van der Waals surface area contributed by atoms with Gasteiger partial charge in [0, 0.05) is 0 Å². The minimum Gasteiger partial charge on any atom is -0.491 e. The van der Waals surface area contributed by atoms with Gasteiger partial charge in [0.2, 0.25) is 0 Å². The largest absolute Gasteiger partial charge is 0.491 e. The number of aliphatic hydroxyl groups is 1. The summed E-state index contributed by atoms with van der Waals surface area (Å²) < 4.78 is 6.48. The molecule has 1 aromatic rings. The first-order chi connectivity index (χ1) is 11.3. The van der Waals surface area contributed by atoms with E-state index < -0.39 is 6.10 Å². The van der Waals surface area contributed by atoms with Gasteiger partial charge in [-0.15, -0.1) is 0 Å². The van der Waals surface area contributed by atoms with Gasteiger partial charge in [-0.25, -0.2) is 0 Å². The third kappa shape index (κ3) is 8.06. The van der Waals surface area contributed by atoms with Crippen molar-refractivity contribution in [1.29, 1.82) is 0 Å². The van der Waals surface area contributed by atoms with E-state index in [0.717, 1.165) is 18.7 Å². The van der Waals surface area contributed by atoms with Gasteiger partial charge in [0.1, 0.15) is 25.0 Å². The molecule has 0 aliphatic rings. The zero-order valence-corrected chi connectivity index (χ0v) is 17.3. The molecular weight excluding hydrogens is 310 g/mol. The zero-order valence-electron chi connectivity index (χ0n) is 17.3. The number of hydrogen-bond donors (Lipinski definition) is 1. The molecule has 1 atom stereocenters. The molecule has 0 aromatic heterocycles. The number of ether oxygens (including phenoxy) is 1. The van der Waals surface area contributed by atoms with Crippen LogP contribution in [-0.4, -0.2) is 49.5 Å². The molecule has 142 valence electrons. The van der Waals surface area contributed by atoms with Gasteiger partial charge >= 0.3 is 0 Å². The maximum absolute atomic E-state index is 10.2. The van der Waals surface area contributed by atoms with Crippen LogP contribution in [0.15, 0.2) is 36.9 Å². The second-order valence-electron chi connectivity index (χ2n) is 9.70. The molecule has 0 fully saturated rings. The third-order valence-corrected chi connectivity index (χ3v) is 4.38. The Morgan fingerprint density at radius 1 is 1.12 bits per heavy atom. The van der Waals surface area contributed by atoms with Crippen molar-refractivity contribution < 1.29 is 14.3 Å². The molecule has 1 N–H and O–H groups in total. The second kappa shape index (κ2) is 8.37. The number of likely N-dealkylation sites (N-methyl/N-ethyl adjacent to an activating group) is 1. The van der Waals surface area contributed by atoms with Gasteiger partial charge in [0.15, 0.2) is 0 Å². The van der Waals surface area contributed by atoms with Gasteiger partial charge in [-0.05, 0) is 41.0 Å². The average molecular weight is 349 g/mol. The lowest BCUT2D eigenvalue weighted by atomic mass is 9.72. The van der Waals surface area contributed by atoms with E-state index in [2.05, 4.69) is 67.4 Å². The molecule has 0 unspecified atom stereocenters. The van der Waals surface area contributed by atoms with Crippen LogP contribution in [0.2, 0.25) is 0 Å². The minimum absolute atomic E-state index is 0.127. The summed E-state index contributed by atoms with van der Waals surface area (Å²) in [7, 11) is 4.16. The van der Waals surface area contributed by atoms with Crippen LogP contribution >= 0.6 is 0 Å². The fourth-order valence-corrected chi connectivity index (χ4v) is 3.67. The lowest BCUT2D eigenvalue weighted by Gasteiger charge is -2.33. The molecule has 0 heterocycles. The average Bonchev–Trinajstić information content (AvgIpc) is 2.42. The summed E-state index contributed by atoms with van der Waals surface area (Å²) in [5.41, 5.74) is 1.74. The van der Waals surface area contributed by atoms with Crippen molar-refractivity contribution in [3.05, 3.63) is 42.5 Å². The number of benzene rings is 1. The molecule has 0 saturated heterocycles. The second-order valence-corrected chi connectivity index (χ2v) is 9.70. The van der Waals surface area contributed by atoms with Crippen molar-refractivity contribution in [1.82, 2.24) is 0 Å².